The Morgan fingerprint density at radius 2 is 2.07 bits per heavy atom. The first-order chi connectivity index (χ1) is 6.46. The van der Waals surface area contributed by atoms with Gasteiger partial charge in [0.1, 0.15) is 0 Å². The monoisotopic (exact) mass is 198 g/mol. The van der Waals surface area contributed by atoms with Crippen molar-refractivity contribution in [2.45, 2.75) is 52.0 Å². The molecule has 0 aliphatic heterocycles. The Labute approximate surface area is 86.4 Å². The number of hydrogen-bond donors (Lipinski definition) is 2. The molecule has 0 saturated heterocycles. The molecule has 1 aliphatic carbocycles. The second-order valence-electron chi connectivity index (χ2n) is 5.07. The number of nitrogens with two attached hydrogens (primary N) is 1. The van der Waals surface area contributed by atoms with Crippen molar-refractivity contribution in [3.63, 3.8) is 0 Å². The van der Waals surface area contributed by atoms with Gasteiger partial charge in [-0.15, -0.1) is 0 Å². The molecule has 0 bridgehead atoms. The van der Waals surface area contributed by atoms with Crippen LogP contribution >= 0.6 is 0 Å². The SMILES string of the molecule is CCCC(C)(C)NC(=O)C1(CN)CC1. The molecule has 3 N–H and O–H groups in total. The van der Waals surface area contributed by atoms with Gasteiger partial charge < -0.3 is 11.1 Å². The van der Waals surface area contributed by atoms with Crippen molar-refractivity contribution in [1.82, 2.24) is 5.32 Å². The van der Waals surface area contributed by atoms with E-state index in [2.05, 4.69) is 26.1 Å². The molecule has 82 valence electrons. The molecule has 3 heteroatoms. The largest absolute Gasteiger partial charge is 0.351 e. The third-order valence-electron chi connectivity index (χ3n) is 3.05. The molecule has 1 rings (SSSR count). The summed E-state index contributed by atoms with van der Waals surface area (Å²) < 4.78 is 0. The molecule has 0 aromatic rings. The van der Waals surface area contributed by atoms with Gasteiger partial charge in [0.25, 0.3) is 0 Å². The van der Waals surface area contributed by atoms with E-state index >= 15 is 0 Å². The van der Waals surface area contributed by atoms with Crippen LogP contribution in [0.5, 0.6) is 0 Å². The molecule has 0 radical (unpaired) electrons. The zero-order chi connectivity index (χ0) is 10.8. The quantitative estimate of drug-likeness (QED) is 0.702. The molecule has 14 heavy (non-hydrogen) atoms. The summed E-state index contributed by atoms with van der Waals surface area (Å²) in [5, 5.41) is 3.09. The van der Waals surface area contributed by atoms with Crippen LogP contribution in [0.3, 0.4) is 0 Å². The predicted molar refractivity (Wildman–Crippen MR) is 57.9 cm³/mol. The molecule has 0 atom stereocenters. The van der Waals surface area contributed by atoms with E-state index in [0.29, 0.717) is 6.54 Å². The van der Waals surface area contributed by atoms with Crippen LogP contribution in [0, 0.1) is 5.41 Å². The van der Waals surface area contributed by atoms with Gasteiger partial charge >= 0.3 is 0 Å². The highest BCUT2D eigenvalue weighted by atomic mass is 16.2. The maximum Gasteiger partial charge on any atom is 0.227 e. The first kappa shape index (κ1) is 11.5. The number of rotatable bonds is 5. The minimum Gasteiger partial charge on any atom is -0.351 e. The fourth-order valence-corrected chi connectivity index (χ4v) is 1.80. The molecule has 1 amide bonds. The van der Waals surface area contributed by atoms with Crippen LogP contribution < -0.4 is 11.1 Å². The summed E-state index contributed by atoms with van der Waals surface area (Å²) >= 11 is 0. The lowest BCUT2D eigenvalue weighted by Crippen LogP contribution is -2.48. The lowest BCUT2D eigenvalue weighted by atomic mass is 9.96. The van der Waals surface area contributed by atoms with Crippen LogP contribution in [0.4, 0.5) is 0 Å². The van der Waals surface area contributed by atoms with Crippen molar-refractivity contribution in [1.29, 1.82) is 0 Å². The minimum absolute atomic E-state index is 0.0867. The van der Waals surface area contributed by atoms with Gasteiger partial charge in [0.05, 0.1) is 5.41 Å². The van der Waals surface area contributed by atoms with Crippen molar-refractivity contribution in [2.75, 3.05) is 6.54 Å². The van der Waals surface area contributed by atoms with Gasteiger partial charge in [-0.25, -0.2) is 0 Å². The Morgan fingerprint density at radius 1 is 1.50 bits per heavy atom. The first-order valence-electron chi connectivity index (χ1n) is 5.48. The van der Waals surface area contributed by atoms with Crippen molar-refractivity contribution >= 4 is 5.91 Å². The van der Waals surface area contributed by atoms with E-state index in [0.717, 1.165) is 25.7 Å². The van der Waals surface area contributed by atoms with Crippen LogP contribution in [0.1, 0.15) is 46.5 Å². The topological polar surface area (TPSA) is 55.1 Å². The summed E-state index contributed by atoms with van der Waals surface area (Å²) in [6.07, 6.45) is 4.01. The molecule has 0 spiro atoms. The molecular formula is C11H22N2O. The zero-order valence-electron chi connectivity index (χ0n) is 9.52. The molecule has 0 aromatic heterocycles. The van der Waals surface area contributed by atoms with Crippen LogP contribution in [0.2, 0.25) is 0 Å². The molecule has 3 nitrogen and oxygen atoms in total. The molecule has 1 saturated carbocycles. The van der Waals surface area contributed by atoms with E-state index in [1.54, 1.807) is 0 Å². The van der Waals surface area contributed by atoms with E-state index in [-0.39, 0.29) is 16.9 Å². The Balaban J connectivity index is 2.48. The smallest absolute Gasteiger partial charge is 0.227 e. The molecule has 0 unspecified atom stereocenters. The van der Waals surface area contributed by atoms with E-state index < -0.39 is 0 Å². The fraction of sp³-hybridized carbons (Fsp3) is 0.909. The van der Waals surface area contributed by atoms with Gasteiger partial charge in [-0.3, -0.25) is 4.79 Å². The third-order valence-corrected chi connectivity index (χ3v) is 3.05. The van der Waals surface area contributed by atoms with Crippen LogP contribution in [-0.2, 0) is 4.79 Å². The van der Waals surface area contributed by atoms with Crippen molar-refractivity contribution < 1.29 is 4.79 Å². The number of carbonyl (C=O) groups is 1. The highest BCUT2D eigenvalue weighted by Gasteiger charge is 2.49. The summed E-state index contributed by atoms with van der Waals surface area (Å²) in [7, 11) is 0. The number of amides is 1. The minimum atomic E-state index is -0.217. The Bertz CT molecular complexity index is 219. The highest BCUT2D eigenvalue weighted by Crippen LogP contribution is 2.45. The van der Waals surface area contributed by atoms with E-state index in [1.807, 2.05) is 0 Å². The number of hydrogen-bond acceptors (Lipinski definition) is 2. The Kier molecular flexibility index (Phi) is 3.20. The Morgan fingerprint density at radius 3 is 2.43 bits per heavy atom. The van der Waals surface area contributed by atoms with Gasteiger partial charge in [-0.1, -0.05) is 13.3 Å². The predicted octanol–water partition coefficient (Wildman–Crippen LogP) is 1.42. The van der Waals surface area contributed by atoms with Crippen molar-refractivity contribution in [2.24, 2.45) is 11.1 Å². The standard InChI is InChI=1S/C11H22N2O/c1-4-5-10(2,3)13-9(14)11(8-12)6-7-11/h4-8,12H2,1-3H3,(H,13,14). The summed E-state index contributed by atoms with van der Waals surface area (Å²) in [4.78, 5) is 11.9. The average Bonchev–Trinajstić information content (AvgIpc) is 2.82. The van der Waals surface area contributed by atoms with Gasteiger partial charge in [-0.05, 0) is 33.1 Å². The lowest BCUT2D eigenvalue weighted by Gasteiger charge is -2.28. The highest BCUT2D eigenvalue weighted by molar-refractivity contribution is 5.86. The second-order valence-corrected chi connectivity index (χ2v) is 5.07. The normalized spacial score (nSPS) is 19.1. The summed E-state index contributed by atoms with van der Waals surface area (Å²) in [5.74, 6) is 0.151. The zero-order valence-corrected chi connectivity index (χ0v) is 9.52. The maximum absolute atomic E-state index is 11.9. The van der Waals surface area contributed by atoms with Crippen molar-refractivity contribution in [3.05, 3.63) is 0 Å². The first-order valence-corrected chi connectivity index (χ1v) is 5.48. The van der Waals surface area contributed by atoms with Gasteiger partial charge in [-0.2, -0.15) is 0 Å². The Hall–Kier alpha value is -0.570. The summed E-state index contributed by atoms with van der Waals surface area (Å²) in [6.45, 7) is 6.76. The lowest BCUT2D eigenvalue weighted by molar-refractivity contribution is -0.127. The van der Waals surface area contributed by atoms with Gasteiger partial charge in [0.15, 0.2) is 0 Å². The molecule has 0 aromatic carbocycles. The molecular weight excluding hydrogens is 176 g/mol. The summed E-state index contributed by atoms with van der Waals surface area (Å²) in [5.41, 5.74) is 5.30. The fourth-order valence-electron chi connectivity index (χ4n) is 1.80. The summed E-state index contributed by atoms with van der Waals surface area (Å²) in [6, 6.07) is 0. The average molecular weight is 198 g/mol. The number of nitrogens with one attached hydrogen (secondary N) is 1. The van der Waals surface area contributed by atoms with Gasteiger partial charge in [0.2, 0.25) is 5.91 Å². The molecule has 0 heterocycles. The third kappa shape index (κ3) is 2.47. The van der Waals surface area contributed by atoms with Crippen LogP contribution in [-0.4, -0.2) is 18.0 Å². The number of carbonyl (C=O) groups excluding carboxylic acids is 1. The van der Waals surface area contributed by atoms with E-state index in [4.69, 9.17) is 5.73 Å². The van der Waals surface area contributed by atoms with Gasteiger partial charge in [0, 0.05) is 12.1 Å². The molecule has 1 fully saturated rings. The van der Waals surface area contributed by atoms with Crippen LogP contribution in [0.15, 0.2) is 0 Å². The second kappa shape index (κ2) is 3.89. The maximum atomic E-state index is 11.9. The van der Waals surface area contributed by atoms with E-state index in [1.165, 1.54) is 0 Å². The van der Waals surface area contributed by atoms with Crippen LogP contribution in [0.25, 0.3) is 0 Å². The van der Waals surface area contributed by atoms with E-state index in [9.17, 15) is 4.79 Å². The van der Waals surface area contributed by atoms with Crippen molar-refractivity contribution in [3.8, 4) is 0 Å². The molecule has 1 aliphatic rings.